The summed E-state index contributed by atoms with van der Waals surface area (Å²) >= 11 is 2.64. The van der Waals surface area contributed by atoms with Crippen LogP contribution in [0.4, 0.5) is 0 Å². The van der Waals surface area contributed by atoms with Crippen molar-refractivity contribution in [2.24, 2.45) is 0 Å². The van der Waals surface area contributed by atoms with Crippen LogP contribution in [0.5, 0.6) is 5.75 Å². The zero-order chi connectivity index (χ0) is 8.27. The zero-order valence-corrected chi connectivity index (χ0v) is 7.84. The van der Waals surface area contributed by atoms with Gasteiger partial charge in [-0.2, -0.15) is 0 Å². The summed E-state index contributed by atoms with van der Waals surface area (Å²) in [5, 5.41) is 7.30. The van der Waals surface area contributed by atoms with Crippen LogP contribution in [0.25, 0.3) is 0 Å². The van der Waals surface area contributed by atoms with Crippen LogP contribution >= 0.6 is 0 Å². The molecule has 0 aromatic heterocycles. The molecule has 1 N–H and O–H groups in total. The molecule has 0 bridgehead atoms. The first-order valence-electron chi connectivity index (χ1n) is 3.14. The molecule has 11 heavy (non-hydrogen) atoms. The van der Waals surface area contributed by atoms with E-state index in [-0.39, 0.29) is 0 Å². The summed E-state index contributed by atoms with van der Waals surface area (Å²) in [5.74, 6) is 0.780. The number of nitrogens with one attached hydrogen (secondary N) is 1. The first kappa shape index (κ1) is 8.31. The molecule has 0 aliphatic carbocycles. The second-order valence-electron chi connectivity index (χ2n) is 2.06. The number of methoxy groups -OCH3 is 1. The van der Waals surface area contributed by atoms with Gasteiger partial charge in [0.05, 0.1) is 0 Å². The molecule has 0 aliphatic rings. The van der Waals surface area contributed by atoms with Crippen LogP contribution in [-0.4, -0.2) is 27.7 Å². The molecular weight excluding hydrogens is 205 g/mol. The van der Waals surface area contributed by atoms with E-state index in [4.69, 9.17) is 10.1 Å². The Balaban J connectivity index is 3.01. The summed E-state index contributed by atoms with van der Waals surface area (Å²) in [6, 6.07) is 7.40. The monoisotopic (exact) mass is 214 g/mol. The number of hydrogen-bond donors (Lipinski definition) is 1. The van der Waals surface area contributed by atoms with E-state index in [9.17, 15) is 0 Å². The van der Waals surface area contributed by atoms with Gasteiger partial charge in [-0.05, 0) is 0 Å². The Hall–Kier alpha value is -0.791. The topological polar surface area (TPSA) is 33.1 Å². The maximum atomic E-state index is 7.30. The van der Waals surface area contributed by atoms with Gasteiger partial charge in [-0.1, -0.05) is 0 Å². The molecule has 0 heterocycles. The van der Waals surface area contributed by atoms with Crippen LogP contribution in [-0.2, 0) is 0 Å². The van der Waals surface area contributed by atoms with Gasteiger partial charge in [0.25, 0.3) is 0 Å². The van der Waals surface area contributed by atoms with Gasteiger partial charge in [-0.15, -0.1) is 0 Å². The van der Waals surface area contributed by atoms with Crippen LogP contribution in [0.15, 0.2) is 24.3 Å². The van der Waals surface area contributed by atoms with Crippen molar-refractivity contribution in [1.82, 2.24) is 0 Å². The number of benzene rings is 1. The molecule has 0 fully saturated rings. The van der Waals surface area contributed by atoms with Gasteiger partial charge in [-0.3, -0.25) is 0 Å². The van der Waals surface area contributed by atoms with Crippen molar-refractivity contribution < 1.29 is 4.74 Å². The van der Waals surface area contributed by atoms with Gasteiger partial charge in [-0.25, -0.2) is 0 Å². The number of rotatable bonds is 2. The minimum atomic E-state index is 0.434. The van der Waals surface area contributed by atoms with Gasteiger partial charge in [0, 0.05) is 0 Å². The van der Waals surface area contributed by atoms with Gasteiger partial charge in [0.1, 0.15) is 0 Å². The predicted octanol–water partition coefficient (Wildman–Crippen LogP) is 1.19. The first-order chi connectivity index (χ1) is 5.24. The van der Waals surface area contributed by atoms with E-state index < -0.39 is 0 Å². The molecule has 0 saturated carbocycles. The van der Waals surface area contributed by atoms with Gasteiger partial charge < -0.3 is 0 Å². The Kier molecular flexibility index (Phi) is 2.69. The molecule has 0 unspecified atom stereocenters. The second-order valence-corrected chi connectivity index (χ2v) is 2.92. The van der Waals surface area contributed by atoms with E-state index in [1.54, 1.807) is 7.11 Å². The third-order valence-corrected chi connectivity index (χ3v) is 1.83. The fourth-order valence-electron chi connectivity index (χ4n) is 0.764. The van der Waals surface area contributed by atoms with E-state index >= 15 is 0 Å². The molecule has 0 aliphatic heterocycles. The second kappa shape index (κ2) is 3.56. The minimum absolute atomic E-state index is 0.434. The quantitative estimate of drug-likeness (QED) is 0.581. The van der Waals surface area contributed by atoms with Gasteiger partial charge in [0.15, 0.2) is 0 Å². The number of hydrogen-bond acceptors (Lipinski definition) is 2. The average Bonchev–Trinajstić information content (AvgIpc) is 2.05. The molecule has 0 saturated heterocycles. The summed E-state index contributed by atoms with van der Waals surface area (Å²) in [6.45, 7) is 0. The third-order valence-electron chi connectivity index (χ3n) is 1.33. The molecule has 1 aromatic carbocycles. The van der Waals surface area contributed by atoms with Crippen molar-refractivity contribution in [3.05, 3.63) is 29.8 Å². The van der Waals surface area contributed by atoms with E-state index in [1.165, 1.54) is 0 Å². The Labute approximate surface area is 73.9 Å². The molecule has 57 valence electrons. The SMILES string of the molecule is COc1cccc(C(=N)[Se])c1. The molecule has 1 aromatic rings. The van der Waals surface area contributed by atoms with E-state index in [2.05, 4.69) is 16.0 Å². The standard InChI is InChI=1S/C8H8NOSe/c1-10-7-4-2-3-6(5-7)8(9)11/h2-5,9H,1H3. The maximum absolute atomic E-state index is 7.30. The van der Waals surface area contributed by atoms with E-state index in [1.807, 2.05) is 24.3 Å². The summed E-state index contributed by atoms with van der Waals surface area (Å²) in [5.41, 5.74) is 0.851. The van der Waals surface area contributed by atoms with Crippen LogP contribution in [0.2, 0.25) is 0 Å². The molecule has 0 atom stereocenters. The Morgan fingerprint density at radius 3 is 2.82 bits per heavy atom. The molecule has 0 amide bonds. The van der Waals surface area contributed by atoms with Crippen LogP contribution in [0.3, 0.4) is 0 Å². The van der Waals surface area contributed by atoms with E-state index in [0.29, 0.717) is 4.61 Å². The summed E-state index contributed by atoms with van der Waals surface area (Å²) in [7, 11) is 1.61. The zero-order valence-electron chi connectivity index (χ0n) is 6.13. The molecule has 1 rings (SSSR count). The first-order valence-corrected chi connectivity index (χ1v) is 3.99. The summed E-state index contributed by atoms with van der Waals surface area (Å²) in [4.78, 5) is 0. The van der Waals surface area contributed by atoms with Crippen molar-refractivity contribution in [2.75, 3.05) is 7.11 Å². The normalized spacial score (nSPS) is 9.18. The van der Waals surface area contributed by atoms with Crippen LogP contribution < -0.4 is 4.74 Å². The Morgan fingerprint density at radius 1 is 1.55 bits per heavy atom. The molecule has 0 spiro atoms. The molecular formula is C8H8NOSe. The summed E-state index contributed by atoms with van der Waals surface area (Å²) < 4.78 is 5.43. The fraction of sp³-hybridized carbons (Fsp3) is 0.125. The van der Waals surface area contributed by atoms with Crippen molar-refractivity contribution in [3.8, 4) is 5.75 Å². The predicted molar refractivity (Wildman–Crippen MR) is 45.6 cm³/mol. The van der Waals surface area contributed by atoms with Crippen molar-refractivity contribution in [3.63, 3.8) is 0 Å². The average molecular weight is 213 g/mol. The van der Waals surface area contributed by atoms with Gasteiger partial charge >= 0.3 is 73.5 Å². The molecule has 3 heteroatoms. The fourth-order valence-corrected chi connectivity index (χ4v) is 1.03. The van der Waals surface area contributed by atoms with Crippen LogP contribution in [0, 0.1) is 5.41 Å². The van der Waals surface area contributed by atoms with Crippen molar-refractivity contribution >= 4 is 20.6 Å². The molecule has 2 nitrogen and oxygen atoms in total. The number of ether oxygens (including phenoxy) is 1. The molecule has 1 radical (unpaired) electrons. The van der Waals surface area contributed by atoms with Crippen LogP contribution in [0.1, 0.15) is 5.56 Å². The van der Waals surface area contributed by atoms with E-state index in [0.717, 1.165) is 11.3 Å². The third kappa shape index (κ3) is 2.07. The Bertz CT molecular complexity index is 273. The Morgan fingerprint density at radius 2 is 2.27 bits per heavy atom. The van der Waals surface area contributed by atoms with Crippen molar-refractivity contribution in [2.45, 2.75) is 0 Å². The van der Waals surface area contributed by atoms with Gasteiger partial charge in [0.2, 0.25) is 0 Å². The van der Waals surface area contributed by atoms with Crippen molar-refractivity contribution in [1.29, 1.82) is 5.41 Å². The summed E-state index contributed by atoms with van der Waals surface area (Å²) in [6.07, 6.45) is 0.